The van der Waals surface area contributed by atoms with E-state index < -0.39 is 0 Å². The van der Waals surface area contributed by atoms with E-state index >= 15 is 0 Å². The summed E-state index contributed by atoms with van der Waals surface area (Å²) in [5, 5.41) is 2.68. The normalized spacial score (nSPS) is 15.4. The summed E-state index contributed by atoms with van der Waals surface area (Å²) in [7, 11) is 1.57. The number of carbonyl (C=O) groups excluding carboxylic acids is 1. The predicted octanol–water partition coefficient (Wildman–Crippen LogP) is 2.38. The Hall–Kier alpha value is -2.01. The van der Waals surface area contributed by atoms with Gasteiger partial charge in [-0.2, -0.15) is 0 Å². The van der Waals surface area contributed by atoms with Crippen molar-refractivity contribution in [3.8, 4) is 11.5 Å². The van der Waals surface area contributed by atoms with E-state index in [9.17, 15) is 4.79 Å². The molecule has 1 aromatic rings. The van der Waals surface area contributed by atoms with Crippen LogP contribution < -0.4 is 14.8 Å². The minimum Gasteiger partial charge on any atom is -0.493 e. The number of amides is 1. The fraction of sp³-hybridized carbons (Fsp3) is 0.400. The molecular formula is C15H19NO4. The predicted molar refractivity (Wildman–Crippen MR) is 76.3 cm³/mol. The molecule has 0 bridgehead atoms. The number of carbonyl (C=O) groups is 1. The smallest absolute Gasteiger partial charge is 0.247 e. The molecule has 1 aliphatic heterocycles. The Morgan fingerprint density at radius 1 is 1.40 bits per heavy atom. The Labute approximate surface area is 118 Å². The molecule has 1 fully saturated rings. The van der Waals surface area contributed by atoms with Gasteiger partial charge in [-0.05, 0) is 18.2 Å². The second-order valence-electron chi connectivity index (χ2n) is 4.49. The van der Waals surface area contributed by atoms with Crippen molar-refractivity contribution >= 4 is 11.6 Å². The summed E-state index contributed by atoms with van der Waals surface area (Å²) < 4.78 is 16.5. The quantitative estimate of drug-likeness (QED) is 0.840. The van der Waals surface area contributed by atoms with Gasteiger partial charge in [-0.1, -0.05) is 6.58 Å². The molecule has 20 heavy (non-hydrogen) atoms. The summed E-state index contributed by atoms with van der Waals surface area (Å²) in [5.41, 5.74) is 0.645. The number of rotatable bonds is 5. The zero-order valence-electron chi connectivity index (χ0n) is 11.6. The third-order valence-corrected chi connectivity index (χ3v) is 3.08. The van der Waals surface area contributed by atoms with Crippen molar-refractivity contribution in [1.29, 1.82) is 0 Å². The number of hydrogen-bond donors (Lipinski definition) is 1. The van der Waals surface area contributed by atoms with Gasteiger partial charge >= 0.3 is 0 Å². The Bertz CT molecular complexity index is 481. The first-order valence-electron chi connectivity index (χ1n) is 6.59. The molecule has 0 spiro atoms. The third kappa shape index (κ3) is 3.74. The highest BCUT2D eigenvalue weighted by atomic mass is 16.5. The Kier molecular flexibility index (Phi) is 5.01. The fourth-order valence-corrected chi connectivity index (χ4v) is 2.01. The van der Waals surface area contributed by atoms with Gasteiger partial charge in [0.1, 0.15) is 6.10 Å². The standard InChI is InChI=1S/C15H19NO4/c1-3-15(17)16-11-4-5-13(14(10-11)18-2)20-12-6-8-19-9-7-12/h3-5,10,12H,1,6-9H2,2H3,(H,16,17). The van der Waals surface area contributed by atoms with Crippen LogP contribution in [0.25, 0.3) is 0 Å². The van der Waals surface area contributed by atoms with Gasteiger partial charge in [-0.25, -0.2) is 0 Å². The van der Waals surface area contributed by atoms with Gasteiger partial charge in [0.15, 0.2) is 11.5 Å². The Morgan fingerprint density at radius 3 is 2.80 bits per heavy atom. The van der Waals surface area contributed by atoms with Crippen LogP contribution in [0, 0.1) is 0 Å². The van der Waals surface area contributed by atoms with Crippen LogP contribution in [-0.4, -0.2) is 32.3 Å². The minimum absolute atomic E-state index is 0.145. The van der Waals surface area contributed by atoms with Crippen LogP contribution in [-0.2, 0) is 9.53 Å². The van der Waals surface area contributed by atoms with Gasteiger partial charge in [-0.3, -0.25) is 4.79 Å². The second-order valence-corrected chi connectivity index (χ2v) is 4.49. The van der Waals surface area contributed by atoms with Crippen molar-refractivity contribution in [3.63, 3.8) is 0 Å². The SMILES string of the molecule is C=CC(=O)Nc1ccc(OC2CCOCC2)c(OC)c1. The molecule has 1 aliphatic rings. The van der Waals surface area contributed by atoms with Crippen LogP contribution in [0.1, 0.15) is 12.8 Å². The number of anilines is 1. The van der Waals surface area contributed by atoms with Crippen molar-refractivity contribution < 1.29 is 19.0 Å². The number of nitrogens with one attached hydrogen (secondary N) is 1. The highest BCUT2D eigenvalue weighted by Gasteiger charge is 2.17. The zero-order valence-corrected chi connectivity index (χ0v) is 11.6. The summed E-state index contributed by atoms with van der Waals surface area (Å²) in [6.07, 6.45) is 3.11. The molecule has 1 aromatic carbocycles. The topological polar surface area (TPSA) is 56.8 Å². The van der Waals surface area contributed by atoms with E-state index in [1.807, 2.05) is 0 Å². The van der Waals surface area contributed by atoms with Crippen molar-refractivity contribution in [2.45, 2.75) is 18.9 Å². The molecule has 0 atom stereocenters. The minimum atomic E-state index is -0.259. The van der Waals surface area contributed by atoms with Gasteiger partial charge in [0.25, 0.3) is 0 Å². The maximum Gasteiger partial charge on any atom is 0.247 e. The summed E-state index contributed by atoms with van der Waals surface area (Å²) in [6.45, 7) is 4.86. The molecule has 5 nitrogen and oxygen atoms in total. The van der Waals surface area contributed by atoms with Gasteiger partial charge in [0, 0.05) is 24.6 Å². The zero-order chi connectivity index (χ0) is 14.4. The maximum atomic E-state index is 11.3. The molecule has 1 amide bonds. The van der Waals surface area contributed by atoms with E-state index in [4.69, 9.17) is 14.2 Å². The molecule has 1 heterocycles. The first kappa shape index (κ1) is 14.4. The lowest BCUT2D eigenvalue weighted by atomic mass is 10.1. The average molecular weight is 277 g/mol. The number of hydrogen-bond acceptors (Lipinski definition) is 4. The highest BCUT2D eigenvalue weighted by molar-refractivity contribution is 5.99. The number of ether oxygens (including phenoxy) is 3. The van der Waals surface area contributed by atoms with Crippen LogP contribution in [0.4, 0.5) is 5.69 Å². The lowest BCUT2D eigenvalue weighted by Crippen LogP contribution is -2.26. The van der Waals surface area contributed by atoms with E-state index in [1.54, 1.807) is 25.3 Å². The second kappa shape index (κ2) is 6.96. The molecule has 0 aromatic heterocycles. The maximum absolute atomic E-state index is 11.3. The van der Waals surface area contributed by atoms with Crippen LogP contribution in [0.2, 0.25) is 0 Å². The van der Waals surface area contributed by atoms with Crippen molar-refractivity contribution in [1.82, 2.24) is 0 Å². The molecule has 1 saturated heterocycles. The van der Waals surface area contributed by atoms with Crippen molar-refractivity contribution in [2.75, 3.05) is 25.6 Å². The van der Waals surface area contributed by atoms with Crippen LogP contribution in [0.5, 0.6) is 11.5 Å². The summed E-state index contributed by atoms with van der Waals surface area (Å²) in [4.78, 5) is 11.3. The average Bonchev–Trinajstić information content (AvgIpc) is 2.49. The summed E-state index contributed by atoms with van der Waals surface area (Å²) in [5.74, 6) is 1.01. The first-order valence-corrected chi connectivity index (χ1v) is 6.59. The molecule has 0 radical (unpaired) electrons. The van der Waals surface area contributed by atoms with E-state index in [2.05, 4.69) is 11.9 Å². The van der Waals surface area contributed by atoms with E-state index in [0.29, 0.717) is 17.2 Å². The van der Waals surface area contributed by atoms with Gasteiger partial charge in [0.05, 0.1) is 20.3 Å². The highest BCUT2D eigenvalue weighted by Crippen LogP contribution is 2.32. The number of methoxy groups -OCH3 is 1. The van der Waals surface area contributed by atoms with E-state index in [0.717, 1.165) is 26.1 Å². The molecule has 0 unspecified atom stereocenters. The Balaban J connectivity index is 2.08. The molecule has 5 heteroatoms. The monoisotopic (exact) mass is 277 g/mol. The van der Waals surface area contributed by atoms with E-state index in [-0.39, 0.29) is 12.0 Å². The largest absolute Gasteiger partial charge is 0.493 e. The molecule has 1 N–H and O–H groups in total. The van der Waals surface area contributed by atoms with E-state index in [1.165, 1.54) is 6.08 Å². The van der Waals surface area contributed by atoms with Crippen molar-refractivity contribution in [2.24, 2.45) is 0 Å². The fourth-order valence-electron chi connectivity index (χ4n) is 2.01. The van der Waals surface area contributed by atoms with Gasteiger partial charge < -0.3 is 19.5 Å². The Morgan fingerprint density at radius 2 is 2.15 bits per heavy atom. The van der Waals surface area contributed by atoms with Crippen LogP contribution in [0.3, 0.4) is 0 Å². The molecule has 2 rings (SSSR count). The molecule has 108 valence electrons. The molecule has 0 aliphatic carbocycles. The first-order chi connectivity index (χ1) is 9.72. The lowest BCUT2D eigenvalue weighted by molar-refractivity contribution is -0.111. The van der Waals surface area contributed by atoms with Crippen LogP contribution in [0.15, 0.2) is 30.9 Å². The molecule has 0 saturated carbocycles. The van der Waals surface area contributed by atoms with Gasteiger partial charge in [0.2, 0.25) is 5.91 Å². The number of benzene rings is 1. The molecular weight excluding hydrogens is 258 g/mol. The lowest BCUT2D eigenvalue weighted by Gasteiger charge is -2.24. The summed E-state index contributed by atoms with van der Waals surface area (Å²) in [6, 6.07) is 5.31. The third-order valence-electron chi connectivity index (χ3n) is 3.08. The van der Waals surface area contributed by atoms with Crippen LogP contribution >= 0.6 is 0 Å². The van der Waals surface area contributed by atoms with Crippen molar-refractivity contribution in [3.05, 3.63) is 30.9 Å². The van der Waals surface area contributed by atoms with Gasteiger partial charge in [-0.15, -0.1) is 0 Å². The summed E-state index contributed by atoms with van der Waals surface area (Å²) >= 11 is 0.